The number of hydrogen-bond acceptors (Lipinski definition) is 6. The summed E-state index contributed by atoms with van der Waals surface area (Å²) in [5.41, 5.74) is 1.74. The summed E-state index contributed by atoms with van der Waals surface area (Å²) in [5, 5.41) is 13.2. The zero-order chi connectivity index (χ0) is 23.1. The third kappa shape index (κ3) is 5.20. The van der Waals surface area contributed by atoms with Crippen molar-refractivity contribution >= 4 is 22.7 Å². The number of nitrogens with zero attached hydrogens (tertiary/aromatic N) is 1. The van der Waals surface area contributed by atoms with Gasteiger partial charge in [-0.25, -0.2) is 0 Å². The maximum absolute atomic E-state index is 12.8. The highest BCUT2D eigenvalue weighted by molar-refractivity contribution is 5.95. The number of carbonyl (C=O) groups excluding carboxylic acids is 2. The summed E-state index contributed by atoms with van der Waals surface area (Å²) in [4.78, 5) is 25.1. The Morgan fingerprint density at radius 3 is 2.75 bits per heavy atom. The number of carbonyl (C=O) groups is 2. The quantitative estimate of drug-likeness (QED) is 0.547. The van der Waals surface area contributed by atoms with Gasteiger partial charge >= 0.3 is 0 Å². The highest BCUT2D eigenvalue weighted by atomic mass is 16.7. The molecular weight excluding hydrogens is 412 g/mol. The summed E-state index contributed by atoms with van der Waals surface area (Å²) in [5.74, 6) is -0.615. The Morgan fingerprint density at radius 1 is 1.28 bits per heavy atom. The van der Waals surface area contributed by atoms with Crippen LogP contribution in [0.1, 0.15) is 43.0 Å². The fraction of sp³-hybridized carbons (Fsp3) is 0.500. The SMILES string of the molecule is CCO[C@@H]1OC(C(=O)NCCOC)=C[C@H](c2cn(C(C)=O)c3ccccc23)[C@H]1CCCO. The van der Waals surface area contributed by atoms with E-state index in [4.69, 9.17) is 14.2 Å². The lowest BCUT2D eigenvalue weighted by Gasteiger charge is -2.36. The molecule has 1 aliphatic heterocycles. The average Bonchev–Trinajstić information content (AvgIpc) is 3.18. The number of aromatic nitrogens is 1. The largest absolute Gasteiger partial charge is 0.459 e. The first-order chi connectivity index (χ1) is 15.5. The summed E-state index contributed by atoms with van der Waals surface area (Å²) in [6.45, 7) is 4.61. The monoisotopic (exact) mass is 444 g/mol. The smallest absolute Gasteiger partial charge is 0.286 e. The van der Waals surface area contributed by atoms with Crippen molar-refractivity contribution in [2.24, 2.45) is 5.92 Å². The Labute approximate surface area is 188 Å². The minimum absolute atomic E-state index is 0.0470. The molecular formula is C24H32N2O6. The molecule has 1 aromatic heterocycles. The highest BCUT2D eigenvalue weighted by Gasteiger charge is 2.39. The number of para-hydroxylation sites is 1. The van der Waals surface area contributed by atoms with Crippen LogP contribution in [0.2, 0.25) is 0 Å². The molecule has 2 aromatic rings. The van der Waals surface area contributed by atoms with Crippen LogP contribution in [0.3, 0.4) is 0 Å². The van der Waals surface area contributed by atoms with E-state index in [1.807, 2.05) is 43.5 Å². The Morgan fingerprint density at radius 2 is 2.06 bits per heavy atom. The number of rotatable bonds is 10. The van der Waals surface area contributed by atoms with Crippen molar-refractivity contribution in [3.05, 3.63) is 47.9 Å². The number of amides is 1. The molecule has 0 spiro atoms. The van der Waals surface area contributed by atoms with Gasteiger partial charge in [0.1, 0.15) is 0 Å². The van der Waals surface area contributed by atoms with Gasteiger partial charge in [-0.2, -0.15) is 0 Å². The minimum atomic E-state index is -0.649. The van der Waals surface area contributed by atoms with Gasteiger partial charge in [-0.3, -0.25) is 14.2 Å². The van der Waals surface area contributed by atoms with Crippen LogP contribution in [-0.4, -0.2) is 61.3 Å². The van der Waals surface area contributed by atoms with Gasteiger partial charge in [0.25, 0.3) is 5.91 Å². The number of aliphatic hydroxyl groups excluding tert-OH is 1. The van der Waals surface area contributed by atoms with Crippen molar-refractivity contribution in [2.75, 3.05) is 33.5 Å². The summed E-state index contributed by atoms with van der Waals surface area (Å²) in [7, 11) is 1.57. The van der Waals surface area contributed by atoms with E-state index in [1.165, 1.54) is 6.92 Å². The Hall–Kier alpha value is -2.68. The molecule has 0 fully saturated rings. The molecule has 0 saturated heterocycles. The summed E-state index contributed by atoms with van der Waals surface area (Å²) in [6, 6.07) is 7.71. The lowest BCUT2D eigenvalue weighted by molar-refractivity contribution is -0.166. The van der Waals surface area contributed by atoms with Crippen LogP contribution >= 0.6 is 0 Å². The van der Waals surface area contributed by atoms with Gasteiger partial charge in [0, 0.05) is 57.2 Å². The van der Waals surface area contributed by atoms with Crippen LogP contribution < -0.4 is 5.32 Å². The first-order valence-corrected chi connectivity index (χ1v) is 11.0. The first kappa shape index (κ1) is 24.0. The van der Waals surface area contributed by atoms with Crippen LogP contribution in [0.25, 0.3) is 10.9 Å². The van der Waals surface area contributed by atoms with Crippen LogP contribution in [-0.2, 0) is 19.0 Å². The maximum atomic E-state index is 12.8. The number of nitrogens with one attached hydrogen (secondary N) is 1. The average molecular weight is 445 g/mol. The normalized spacial score (nSPS) is 20.6. The van der Waals surface area contributed by atoms with Crippen molar-refractivity contribution in [3.63, 3.8) is 0 Å². The van der Waals surface area contributed by atoms with Gasteiger partial charge < -0.3 is 24.6 Å². The Balaban J connectivity index is 2.08. The number of fused-ring (bicyclic) bond motifs is 1. The van der Waals surface area contributed by atoms with Gasteiger partial charge in [-0.05, 0) is 37.5 Å². The topological polar surface area (TPSA) is 99.0 Å². The molecule has 8 heteroatoms. The zero-order valence-corrected chi connectivity index (χ0v) is 18.9. The molecule has 2 N–H and O–H groups in total. The molecule has 2 heterocycles. The molecule has 1 aliphatic rings. The lowest BCUT2D eigenvalue weighted by atomic mass is 9.80. The Bertz CT molecular complexity index is 967. The molecule has 0 aliphatic carbocycles. The molecule has 0 unspecified atom stereocenters. The third-order valence-corrected chi connectivity index (χ3v) is 5.67. The van der Waals surface area contributed by atoms with Crippen molar-refractivity contribution in [1.82, 2.24) is 9.88 Å². The molecule has 174 valence electrons. The fourth-order valence-electron chi connectivity index (χ4n) is 4.21. The number of allylic oxidation sites excluding steroid dienone is 1. The van der Waals surface area contributed by atoms with Gasteiger partial charge in [-0.15, -0.1) is 0 Å². The molecule has 1 amide bonds. The van der Waals surface area contributed by atoms with E-state index in [0.717, 1.165) is 16.5 Å². The van der Waals surface area contributed by atoms with Crippen LogP contribution in [0.4, 0.5) is 0 Å². The van der Waals surface area contributed by atoms with Gasteiger partial charge in [0.2, 0.25) is 12.2 Å². The standard InChI is InChI=1S/C24H32N2O6/c1-4-31-24-18(9-7-12-27)19(14-22(32-24)23(29)25-11-13-30-3)20-15-26(16(2)28)21-10-6-5-8-17(20)21/h5-6,8,10,14-15,18-19,24,27H,4,7,9,11-13H2,1-3H3,(H,25,29)/t18-,19+,24-/m1/s1. The first-order valence-electron chi connectivity index (χ1n) is 11.0. The zero-order valence-electron chi connectivity index (χ0n) is 18.9. The molecule has 32 heavy (non-hydrogen) atoms. The summed E-state index contributed by atoms with van der Waals surface area (Å²) in [6.07, 6.45) is 4.22. The second kappa shape index (κ2) is 11.3. The van der Waals surface area contributed by atoms with E-state index in [9.17, 15) is 14.7 Å². The van der Waals surface area contributed by atoms with Crippen molar-refractivity contribution in [1.29, 1.82) is 0 Å². The molecule has 1 aromatic carbocycles. The second-order valence-corrected chi connectivity index (χ2v) is 7.77. The van der Waals surface area contributed by atoms with Crippen molar-refractivity contribution in [3.8, 4) is 0 Å². The highest BCUT2D eigenvalue weighted by Crippen LogP contribution is 2.42. The van der Waals surface area contributed by atoms with Crippen molar-refractivity contribution in [2.45, 2.75) is 38.9 Å². The van der Waals surface area contributed by atoms with E-state index in [1.54, 1.807) is 11.7 Å². The van der Waals surface area contributed by atoms with E-state index < -0.39 is 6.29 Å². The molecule has 8 nitrogen and oxygen atoms in total. The van der Waals surface area contributed by atoms with Gasteiger partial charge in [0.05, 0.1) is 12.1 Å². The van der Waals surface area contributed by atoms with Crippen LogP contribution in [0, 0.1) is 5.92 Å². The number of ether oxygens (including phenoxy) is 3. The summed E-state index contributed by atoms with van der Waals surface area (Å²) >= 11 is 0. The summed E-state index contributed by atoms with van der Waals surface area (Å²) < 4.78 is 18.5. The van der Waals surface area contributed by atoms with E-state index in [-0.39, 0.29) is 36.0 Å². The molecule has 3 rings (SSSR count). The maximum Gasteiger partial charge on any atom is 0.286 e. The molecule has 3 atom stereocenters. The number of aliphatic hydroxyl groups is 1. The number of methoxy groups -OCH3 is 1. The third-order valence-electron chi connectivity index (χ3n) is 5.67. The number of benzene rings is 1. The van der Waals surface area contributed by atoms with Gasteiger partial charge in [0.15, 0.2) is 5.76 Å². The van der Waals surface area contributed by atoms with Crippen LogP contribution in [0.15, 0.2) is 42.3 Å². The molecule has 0 saturated carbocycles. The lowest BCUT2D eigenvalue weighted by Crippen LogP contribution is -2.39. The second-order valence-electron chi connectivity index (χ2n) is 7.77. The number of hydrogen-bond donors (Lipinski definition) is 2. The molecule has 0 radical (unpaired) electrons. The van der Waals surface area contributed by atoms with Crippen LogP contribution in [0.5, 0.6) is 0 Å². The van der Waals surface area contributed by atoms with Gasteiger partial charge in [-0.1, -0.05) is 18.2 Å². The van der Waals surface area contributed by atoms with Crippen molar-refractivity contribution < 1.29 is 28.9 Å². The minimum Gasteiger partial charge on any atom is -0.459 e. The predicted octanol–water partition coefficient (Wildman–Crippen LogP) is 2.81. The Kier molecular flexibility index (Phi) is 8.44. The molecule has 0 bridgehead atoms. The fourth-order valence-corrected chi connectivity index (χ4v) is 4.21. The van der Waals surface area contributed by atoms with E-state index in [0.29, 0.717) is 32.6 Å². The van der Waals surface area contributed by atoms with E-state index >= 15 is 0 Å². The van der Waals surface area contributed by atoms with E-state index in [2.05, 4.69) is 5.32 Å². The predicted molar refractivity (Wildman–Crippen MR) is 120 cm³/mol.